The Hall–Kier alpha value is -4.58. The molecule has 0 fully saturated rings. The number of nitrogens with zero attached hydrogens (tertiary/aromatic N) is 6. The van der Waals surface area contributed by atoms with Gasteiger partial charge in [-0.2, -0.15) is 15.0 Å². The molecule has 0 radical (unpaired) electrons. The van der Waals surface area contributed by atoms with E-state index in [4.69, 9.17) is 19.9 Å². The number of pyridine rings is 1. The molecular formula is C35H36N6. The van der Waals surface area contributed by atoms with Crippen LogP contribution in [0.15, 0.2) is 97.2 Å². The first-order valence-corrected chi connectivity index (χ1v) is 14.1. The lowest BCUT2D eigenvalue weighted by molar-refractivity contribution is 0.403. The molecule has 5 aromatic rings. The first-order chi connectivity index (χ1) is 19.6. The predicted octanol–water partition coefficient (Wildman–Crippen LogP) is 8.10. The van der Waals surface area contributed by atoms with Crippen molar-refractivity contribution in [3.05, 3.63) is 108 Å². The normalized spacial score (nSPS) is 14.9. The van der Waals surface area contributed by atoms with E-state index in [9.17, 15) is 0 Å². The number of benzene rings is 3. The summed E-state index contributed by atoms with van der Waals surface area (Å²) in [5.74, 6) is 1.70. The Morgan fingerprint density at radius 3 is 1.66 bits per heavy atom. The monoisotopic (exact) mass is 540 g/mol. The highest BCUT2D eigenvalue weighted by molar-refractivity contribution is 5.68. The van der Waals surface area contributed by atoms with E-state index in [0.717, 1.165) is 34.6 Å². The number of aromatic nitrogens is 4. The Kier molecular flexibility index (Phi) is 6.57. The molecule has 1 aliphatic carbocycles. The van der Waals surface area contributed by atoms with Crippen LogP contribution in [0.1, 0.15) is 45.2 Å². The van der Waals surface area contributed by atoms with Crippen LogP contribution in [-0.4, -0.2) is 34.0 Å². The standard InChI is InChI=1S/C35H36N6/c1-34(2)23-35(3,4)29-21-24(17-19-28(29)34)30-20-18-25(22-36-30)31-37-32(40(5)26-13-9-7-10-14-26)39-33(38-31)41(6)27-15-11-8-12-16-27/h7-22H,23H2,1-6H3. The van der Waals surface area contributed by atoms with Gasteiger partial charge in [-0.25, -0.2) is 0 Å². The SMILES string of the molecule is CN(c1ccccc1)c1nc(-c2ccc(-c3ccc4c(c3)C(C)(C)CC4(C)C)nc2)nc(N(C)c2ccccc2)n1. The second-order valence-electron chi connectivity index (χ2n) is 12.2. The third-order valence-electron chi connectivity index (χ3n) is 8.18. The summed E-state index contributed by atoms with van der Waals surface area (Å²) >= 11 is 0. The Labute approximate surface area is 242 Å². The second-order valence-corrected chi connectivity index (χ2v) is 12.2. The molecule has 0 spiro atoms. The maximum atomic E-state index is 4.88. The Morgan fingerprint density at radius 1 is 0.585 bits per heavy atom. The summed E-state index contributed by atoms with van der Waals surface area (Å²) in [6.45, 7) is 9.37. The average Bonchev–Trinajstić information content (AvgIpc) is 3.19. The molecule has 0 bridgehead atoms. The van der Waals surface area contributed by atoms with E-state index in [1.807, 2.05) is 90.8 Å². The molecule has 0 aliphatic heterocycles. The van der Waals surface area contributed by atoms with Crippen molar-refractivity contribution in [2.24, 2.45) is 0 Å². The number of anilines is 4. The molecular weight excluding hydrogens is 504 g/mol. The van der Waals surface area contributed by atoms with Gasteiger partial charge in [0.2, 0.25) is 11.9 Å². The number of hydrogen-bond donors (Lipinski definition) is 0. The van der Waals surface area contributed by atoms with Gasteiger partial charge in [-0.3, -0.25) is 4.98 Å². The van der Waals surface area contributed by atoms with Crippen molar-refractivity contribution in [1.82, 2.24) is 19.9 Å². The minimum atomic E-state index is 0.141. The maximum absolute atomic E-state index is 4.88. The lowest BCUT2D eigenvalue weighted by atomic mass is 9.82. The first kappa shape index (κ1) is 26.6. The summed E-state index contributed by atoms with van der Waals surface area (Å²) in [5, 5.41) is 0. The zero-order chi connectivity index (χ0) is 28.8. The molecule has 206 valence electrons. The Bertz CT molecular complexity index is 1610. The zero-order valence-corrected chi connectivity index (χ0v) is 24.6. The largest absolute Gasteiger partial charge is 0.313 e. The third kappa shape index (κ3) is 5.06. The van der Waals surface area contributed by atoms with Crippen molar-refractivity contribution in [2.75, 3.05) is 23.9 Å². The van der Waals surface area contributed by atoms with E-state index in [1.54, 1.807) is 0 Å². The highest BCUT2D eigenvalue weighted by Gasteiger charge is 2.41. The quantitative estimate of drug-likeness (QED) is 0.217. The summed E-state index contributed by atoms with van der Waals surface area (Å²) in [4.78, 5) is 23.4. The van der Waals surface area contributed by atoms with Crippen LogP contribution in [0, 0.1) is 0 Å². The molecule has 1 aliphatic rings. The van der Waals surface area contributed by atoms with Gasteiger partial charge < -0.3 is 9.80 Å². The molecule has 6 nitrogen and oxygen atoms in total. The first-order valence-electron chi connectivity index (χ1n) is 14.1. The van der Waals surface area contributed by atoms with Crippen molar-refractivity contribution < 1.29 is 0 Å². The molecule has 0 saturated heterocycles. The van der Waals surface area contributed by atoms with E-state index in [-0.39, 0.29) is 10.8 Å². The van der Waals surface area contributed by atoms with Crippen molar-refractivity contribution in [1.29, 1.82) is 0 Å². The van der Waals surface area contributed by atoms with Crippen molar-refractivity contribution in [3.63, 3.8) is 0 Å². The molecule has 2 aromatic heterocycles. The van der Waals surface area contributed by atoms with Crippen LogP contribution in [0.5, 0.6) is 0 Å². The molecule has 41 heavy (non-hydrogen) atoms. The summed E-state index contributed by atoms with van der Waals surface area (Å²) < 4.78 is 0. The third-order valence-corrected chi connectivity index (χ3v) is 8.18. The number of rotatable bonds is 6. The molecule has 2 heterocycles. The maximum Gasteiger partial charge on any atom is 0.235 e. The molecule has 3 aromatic carbocycles. The van der Waals surface area contributed by atoms with E-state index >= 15 is 0 Å². The summed E-state index contributed by atoms with van der Waals surface area (Å²) in [6, 6.07) is 31.1. The van der Waals surface area contributed by atoms with Crippen LogP contribution in [0.25, 0.3) is 22.6 Å². The summed E-state index contributed by atoms with van der Waals surface area (Å²) in [7, 11) is 3.94. The van der Waals surface area contributed by atoms with Gasteiger partial charge in [0.15, 0.2) is 5.82 Å². The van der Waals surface area contributed by atoms with Gasteiger partial charge in [-0.1, -0.05) is 76.2 Å². The Morgan fingerprint density at radius 2 is 1.12 bits per heavy atom. The molecule has 0 amide bonds. The van der Waals surface area contributed by atoms with Gasteiger partial charge in [0.25, 0.3) is 0 Å². The van der Waals surface area contributed by atoms with E-state index in [0.29, 0.717) is 17.7 Å². The lowest BCUT2D eigenvalue weighted by Crippen LogP contribution is -2.19. The minimum Gasteiger partial charge on any atom is -0.313 e. The molecule has 0 N–H and O–H groups in total. The molecule has 0 unspecified atom stereocenters. The molecule has 6 rings (SSSR count). The van der Waals surface area contributed by atoms with Crippen LogP contribution >= 0.6 is 0 Å². The fourth-order valence-corrected chi connectivity index (χ4v) is 6.16. The van der Waals surface area contributed by atoms with E-state index in [2.05, 4.69) is 58.0 Å². The molecule has 6 heteroatoms. The highest BCUT2D eigenvalue weighted by Crippen LogP contribution is 2.50. The second kappa shape index (κ2) is 10.1. The van der Waals surface area contributed by atoms with Crippen molar-refractivity contribution in [2.45, 2.75) is 44.9 Å². The van der Waals surface area contributed by atoms with Crippen molar-refractivity contribution in [3.8, 4) is 22.6 Å². The van der Waals surface area contributed by atoms with Gasteiger partial charge in [-0.15, -0.1) is 0 Å². The topological polar surface area (TPSA) is 58.0 Å². The Balaban J connectivity index is 1.38. The van der Waals surface area contributed by atoms with Crippen LogP contribution in [0.2, 0.25) is 0 Å². The average molecular weight is 541 g/mol. The fraction of sp³-hybridized carbons (Fsp3) is 0.257. The predicted molar refractivity (Wildman–Crippen MR) is 168 cm³/mol. The number of hydrogen-bond acceptors (Lipinski definition) is 6. The van der Waals surface area contributed by atoms with Crippen molar-refractivity contribution >= 4 is 23.3 Å². The van der Waals surface area contributed by atoms with Crippen LogP contribution in [-0.2, 0) is 10.8 Å². The lowest BCUT2D eigenvalue weighted by Gasteiger charge is -2.22. The van der Waals surface area contributed by atoms with E-state index < -0.39 is 0 Å². The van der Waals surface area contributed by atoms with Gasteiger partial charge in [0.05, 0.1) is 5.69 Å². The summed E-state index contributed by atoms with van der Waals surface area (Å²) in [6.07, 6.45) is 3.01. The minimum absolute atomic E-state index is 0.141. The summed E-state index contributed by atoms with van der Waals surface area (Å²) in [5.41, 5.74) is 8.08. The van der Waals surface area contributed by atoms with Gasteiger partial charge in [0.1, 0.15) is 0 Å². The number of fused-ring (bicyclic) bond motifs is 1. The fourth-order valence-electron chi connectivity index (χ4n) is 6.16. The van der Waals surface area contributed by atoms with Gasteiger partial charge in [-0.05, 0) is 70.8 Å². The van der Waals surface area contributed by atoms with E-state index in [1.165, 1.54) is 11.1 Å². The molecule has 0 saturated carbocycles. The number of para-hydroxylation sites is 2. The van der Waals surface area contributed by atoms with Gasteiger partial charge in [0, 0.05) is 42.8 Å². The van der Waals surface area contributed by atoms with Gasteiger partial charge >= 0.3 is 0 Å². The molecule has 0 atom stereocenters. The highest BCUT2D eigenvalue weighted by atomic mass is 15.3. The van der Waals surface area contributed by atoms with Crippen LogP contribution in [0.4, 0.5) is 23.3 Å². The van der Waals surface area contributed by atoms with Crippen LogP contribution < -0.4 is 9.80 Å². The van der Waals surface area contributed by atoms with Crippen LogP contribution in [0.3, 0.4) is 0 Å². The zero-order valence-electron chi connectivity index (χ0n) is 24.6. The smallest absolute Gasteiger partial charge is 0.235 e.